The van der Waals surface area contributed by atoms with Gasteiger partial charge < -0.3 is 10.5 Å². The molecule has 1 aromatic carbocycles. The van der Waals surface area contributed by atoms with Crippen molar-refractivity contribution in [2.45, 2.75) is 4.90 Å². The van der Waals surface area contributed by atoms with Gasteiger partial charge in [0.25, 0.3) is 0 Å². The zero-order chi connectivity index (χ0) is 12.7. The van der Waals surface area contributed by atoms with Crippen molar-refractivity contribution in [1.29, 1.82) is 0 Å². The van der Waals surface area contributed by atoms with Crippen LogP contribution in [0.5, 0.6) is 5.75 Å². The topological polar surface area (TPSA) is 38.5 Å². The molecule has 3 nitrogen and oxygen atoms in total. The molecule has 0 bridgehead atoms. The molecule has 0 radical (unpaired) electrons. The molecule has 0 aliphatic heterocycles. The molecule has 0 heterocycles. The third-order valence-corrected chi connectivity index (χ3v) is 2.80. The van der Waals surface area contributed by atoms with Crippen molar-refractivity contribution < 1.29 is 9.13 Å². The Labute approximate surface area is 106 Å². The highest BCUT2D eigenvalue weighted by Crippen LogP contribution is 2.22. The van der Waals surface area contributed by atoms with Gasteiger partial charge in [-0.1, -0.05) is 0 Å². The van der Waals surface area contributed by atoms with E-state index in [1.165, 1.54) is 0 Å². The van der Waals surface area contributed by atoms with Crippen molar-refractivity contribution in [2.75, 3.05) is 27.2 Å². The van der Waals surface area contributed by atoms with Crippen LogP contribution < -0.4 is 10.5 Å². The second kappa shape index (κ2) is 7.32. The van der Waals surface area contributed by atoms with Crippen molar-refractivity contribution in [3.05, 3.63) is 36.2 Å². The predicted molar refractivity (Wildman–Crippen MR) is 69.7 cm³/mol. The largest absolute Gasteiger partial charge is 0.489 e. The molecule has 1 aromatic rings. The molecule has 0 amide bonds. The third kappa shape index (κ3) is 5.21. The summed E-state index contributed by atoms with van der Waals surface area (Å²) in [6.45, 7) is 0.359. The summed E-state index contributed by atoms with van der Waals surface area (Å²) in [4.78, 5) is 1.13. The Kier molecular flexibility index (Phi) is 6.04. The van der Waals surface area contributed by atoms with Crippen molar-refractivity contribution in [2.24, 2.45) is 5.73 Å². The van der Waals surface area contributed by atoms with E-state index in [1.807, 2.05) is 42.7 Å². The second-order valence-electron chi connectivity index (χ2n) is 3.64. The van der Waals surface area contributed by atoms with E-state index < -0.39 is 0 Å². The molecule has 17 heavy (non-hydrogen) atoms. The summed E-state index contributed by atoms with van der Waals surface area (Å²) < 4.78 is 19.6. The number of nitrogens with two attached hydrogens (primary N) is 1. The first-order valence-electron chi connectivity index (χ1n) is 5.22. The van der Waals surface area contributed by atoms with E-state index in [1.54, 1.807) is 11.9 Å². The Morgan fingerprint density at radius 2 is 2.06 bits per heavy atom. The van der Waals surface area contributed by atoms with Crippen molar-refractivity contribution >= 4 is 11.9 Å². The Hall–Kier alpha value is -1.04. The minimum Gasteiger partial charge on any atom is -0.489 e. The summed E-state index contributed by atoms with van der Waals surface area (Å²) in [6.07, 6.45) is 0.496. The summed E-state index contributed by atoms with van der Waals surface area (Å²) in [5, 5.41) is 0. The van der Waals surface area contributed by atoms with Gasteiger partial charge in [0.15, 0.2) is 0 Å². The van der Waals surface area contributed by atoms with Crippen LogP contribution in [0.1, 0.15) is 0 Å². The molecule has 0 saturated carbocycles. The van der Waals surface area contributed by atoms with Gasteiger partial charge in [-0.15, -0.1) is 0 Å². The molecule has 0 aliphatic rings. The Bertz CT molecular complexity index is 365. The Morgan fingerprint density at radius 3 is 2.53 bits per heavy atom. The highest BCUT2D eigenvalue weighted by atomic mass is 32.2. The number of hydrogen-bond donors (Lipinski definition) is 1. The van der Waals surface area contributed by atoms with Crippen LogP contribution in [-0.2, 0) is 0 Å². The number of rotatable bonds is 6. The van der Waals surface area contributed by atoms with E-state index in [-0.39, 0.29) is 13.2 Å². The van der Waals surface area contributed by atoms with Crippen LogP contribution in [0.3, 0.4) is 0 Å². The van der Waals surface area contributed by atoms with Gasteiger partial charge in [0, 0.05) is 17.0 Å². The van der Waals surface area contributed by atoms with Crippen LogP contribution in [0, 0.1) is 0 Å². The Morgan fingerprint density at radius 1 is 1.41 bits per heavy atom. The molecule has 0 spiro atoms. The zero-order valence-corrected chi connectivity index (χ0v) is 10.8. The van der Waals surface area contributed by atoms with Gasteiger partial charge in [0.1, 0.15) is 12.4 Å². The average Bonchev–Trinajstić information content (AvgIpc) is 2.32. The van der Waals surface area contributed by atoms with E-state index in [2.05, 4.69) is 0 Å². The van der Waals surface area contributed by atoms with Crippen LogP contribution >= 0.6 is 11.9 Å². The molecule has 0 atom stereocenters. The van der Waals surface area contributed by atoms with Crippen molar-refractivity contribution in [1.82, 2.24) is 4.31 Å². The van der Waals surface area contributed by atoms with Gasteiger partial charge in [0.2, 0.25) is 0 Å². The van der Waals surface area contributed by atoms with Crippen molar-refractivity contribution in [3.8, 4) is 5.75 Å². The van der Waals surface area contributed by atoms with Gasteiger partial charge in [-0.3, -0.25) is 4.31 Å². The summed E-state index contributed by atoms with van der Waals surface area (Å²) in [6, 6.07) is 7.64. The SMILES string of the molecule is CN(C)Sc1ccc(OC/C(=C/F)CN)cc1. The van der Waals surface area contributed by atoms with Crippen LogP contribution in [-0.4, -0.2) is 31.6 Å². The van der Waals surface area contributed by atoms with Crippen LogP contribution in [0.25, 0.3) is 0 Å². The minimum atomic E-state index is 0.172. The summed E-state index contributed by atoms with van der Waals surface area (Å²) in [7, 11) is 3.96. The van der Waals surface area contributed by atoms with Gasteiger partial charge in [0.05, 0.1) is 6.33 Å². The number of halogens is 1. The summed E-state index contributed by atoms with van der Waals surface area (Å²) >= 11 is 1.63. The molecule has 5 heteroatoms. The first-order chi connectivity index (χ1) is 8.15. The van der Waals surface area contributed by atoms with Crippen LogP contribution in [0.2, 0.25) is 0 Å². The summed E-state index contributed by atoms with van der Waals surface area (Å²) in [5.41, 5.74) is 5.77. The fourth-order valence-electron chi connectivity index (χ4n) is 1.12. The van der Waals surface area contributed by atoms with E-state index >= 15 is 0 Å². The zero-order valence-electron chi connectivity index (χ0n) is 10.0. The van der Waals surface area contributed by atoms with Crippen molar-refractivity contribution in [3.63, 3.8) is 0 Å². The highest BCUT2D eigenvalue weighted by molar-refractivity contribution is 7.97. The summed E-state index contributed by atoms with van der Waals surface area (Å²) in [5.74, 6) is 0.709. The monoisotopic (exact) mass is 256 g/mol. The van der Waals surface area contributed by atoms with E-state index in [9.17, 15) is 4.39 Å². The van der Waals surface area contributed by atoms with Gasteiger partial charge in [-0.2, -0.15) is 0 Å². The van der Waals surface area contributed by atoms with Crippen LogP contribution in [0.15, 0.2) is 41.1 Å². The standard InChI is InChI=1S/C12H17FN2OS/c1-15(2)17-12-5-3-11(4-6-12)16-9-10(7-13)8-14/h3-7H,8-9,14H2,1-2H3/b10-7+. The minimum absolute atomic E-state index is 0.172. The maximum Gasteiger partial charge on any atom is 0.119 e. The second-order valence-corrected chi connectivity index (χ2v) is 5.02. The molecule has 2 N–H and O–H groups in total. The fourth-order valence-corrected chi connectivity index (χ4v) is 1.80. The molecule has 0 aliphatic carbocycles. The van der Waals surface area contributed by atoms with E-state index in [0.29, 0.717) is 17.7 Å². The molecule has 1 rings (SSSR count). The van der Waals surface area contributed by atoms with E-state index in [0.717, 1.165) is 4.90 Å². The maximum atomic E-state index is 12.2. The maximum absolute atomic E-state index is 12.2. The Balaban J connectivity index is 2.51. The molecular weight excluding hydrogens is 239 g/mol. The fraction of sp³-hybridized carbons (Fsp3) is 0.333. The number of benzene rings is 1. The lowest BCUT2D eigenvalue weighted by Gasteiger charge is -2.10. The van der Waals surface area contributed by atoms with Gasteiger partial charge in [-0.25, -0.2) is 4.39 Å². The van der Waals surface area contributed by atoms with Gasteiger partial charge >= 0.3 is 0 Å². The highest BCUT2D eigenvalue weighted by Gasteiger charge is 2.00. The first kappa shape index (κ1) is 14.0. The molecule has 0 unspecified atom stereocenters. The van der Waals surface area contributed by atoms with E-state index in [4.69, 9.17) is 10.5 Å². The quantitative estimate of drug-likeness (QED) is 0.793. The number of nitrogens with zero attached hydrogens (tertiary/aromatic N) is 1. The number of hydrogen-bond acceptors (Lipinski definition) is 4. The third-order valence-electron chi connectivity index (χ3n) is 1.95. The molecule has 0 saturated heterocycles. The molecule has 0 aromatic heterocycles. The first-order valence-corrected chi connectivity index (χ1v) is 5.99. The smallest absolute Gasteiger partial charge is 0.119 e. The normalized spacial score (nSPS) is 11.9. The predicted octanol–water partition coefficient (Wildman–Crippen LogP) is 2.45. The lowest BCUT2D eigenvalue weighted by Crippen LogP contribution is -2.10. The molecule has 0 fully saturated rings. The van der Waals surface area contributed by atoms with Gasteiger partial charge in [-0.05, 0) is 50.3 Å². The lowest BCUT2D eigenvalue weighted by molar-refractivity contribution is 0.347. The average molecular weight is 256 g/mol. The molecular formula is C12H17FN2OS. The van der Waals surface area contributed by atoms with Crippen LogP contribution in [0.4, 0.5) is 4.39 Å². The molecule has 94 valence electrons. The lowest BCUT2D eigenvalue weighted by atomic mass is 10.3. The number of ether oxygens (including phenoxy) is 1.